The number of hydrogen-bond donors (Lipinski definition) is 3. The van der Waals surface area contributed by atoms with E-state index in [4.69, 9.17) is 11.5 Å². The number of pyridine rings is 1. The predicted octanol–water partition coefficient (Wildman–Crippen LogP) is 2.64. The highest BCUT2D eigenvalue weighted by atomic mass is 19.1. The molecule has 3 heterocycles. The topological polar surface area (TPSA) is 123 Å². The highest BCUT2D eigenvalue weighted by Gasteiger charge is 2.22. The van der Waals surface area contributed by atoms with E-state index in [-0.39, 0.29) is 17.6 Å². The first-order chi connectivity index (χ1) is 15.3. The largest absolute Gasteiger partial charge is 0.384 e. The van der Waals surface area contributed by atoms with Crippen molar-refractivity contribution < 1.29 is 9.18 Å². The Kier molecular flexibility index (Phi) is 6.00. The Balaban J connectivity index is 1.66. The number of anilines is 2. The molecule has 0 bridgehead atoms. The molecule has 8 nitrogen and oxygen atoms in total. The third kappa shape index (κ3) is 4.52. The van der Waals surface area contributed by atoms with E-state index >= 15 is 4.39 Å². The highest BCUT2D eigenvalue weighted by Crippen LogP contribution is 2.34. The molecule has 1 saturated heterocycles. The number of carbonyl (C=O) groups is 1. The molecule has 0 unspecified atom stereocenters. The molecule has 166 valence electrons. The maximum atomic E-state index is 15.0. The standard InChI is InChI=1S/C23H26FN7O/c1-13-20(15-4-6-19(25)27-12-15)21(30-23(26)28-13)14-3-5-17(18(24)11-14)22(32)29-16-7-9-31(2)10-8-16/h3-6,11-12,16H,7-10H2,1-2H3,(H2,25,27)(H,29,32)(H2,26,28,30). The summed E-state index contributed by atoms with van der Waals surface area (Å²) in [5.74, 6) is -0.571. The molecule has 1 aromatic carbocycles. The number of hydrogen-bond acceptors (Lipinski definition) is 7. The summed E-state index contributed by atoms with van der Waals surface area (Å²) in [6.07, 6.45) is 3.31. The smallest absolute Gasteiger partial charge is 0.254 e. The number of nitrogens with zero attached hydrogens (tertiary/aromatic N) is 4. The summed E-state index contributed by atoms with van der Waals surface area (Å²) in [5.41, 5.74) is 14.6. The minimum atomic E-state index is -0.621. The lowest BCUT2D eigenvalue weighted by molar-refractivity contribution is 0.0913. The number of carbonyl (C=O) groups excluding carboxylic acids is 1. The molecule has 4 rings (SSSR count). The van der Waals surface area contributed by atoms with Crippen LogP contribution in [-0.2, 0) is 0 Å². The maximum Gasteiger partial charge on any atom is 0.254 e. The first kappa shape index (κ1) is 21.6. The summed E-state index contributed by atoms with van der Waals surface area (Å²) in [7, 11) is 2.05. The molecular weight excluding hydrogens is 409 g/mol. The average molecular weight is 436 g/mol. The fourth-order valence-electron chi connectivity index (χ4n) is 3.96. The molecule has 2 aromatic heterocycles. The molecule has 1 fully saturated rings. The molecule has 0 spiro atoms. The quantitative estimate of drug-likeness (QED) is 0.576. The molecule has 9 heteroatoms. The van der Waals surface area contributed by atoms with Crippen molar-refractivity contribution in [3.05, 3.63) is 53.6 Å². The maximum absolute atomic E-state index is 15.0. The predicted molar refractivity (Wildman–Crippen MR) is 122 cm³/mol. The number of halogens is 1. The first-order valence-corrected chi connectivity index (χ1v) is 10.5. The minimum absolute atomic E-state index is 0.00197. The van der Waals surface area contributed by atoms with Gasteiger partial charge in [-0.1, -0.05) is 6.07 Å². The molecule has 0 aliphatic carbocycles. The van der Waals surface area contributed by atoms with Crippen molar-refractivity contribution in [2.75, 3.05) is 31.6 Å². The molecular formula is C23H26FN7O. The molecule has 32 heavy (non-hydrogen) atoms. The number of piperidine rings is 1. The van der Waals surface area contributed by atoms with Crippen molar-refractivity contribution in [3.63, 3.8) is 0 Å². The SMILES string of the molecule is Cc1nc(N)nc(-c2ccc(C(=O)NC3CCN(C)CC3)c(F)c2)c1-c1ccc(N)nc1. The van der Waals surface area contributed by atoms with Gasteiger partial charge < -0.3 is 21.7 Å². The van der Waals surface area contributed by atoms with Crippen molar-refractivity contribution >= 4 is 17.7 Å². The summed E-state index contributed by atoms with van der Waals surface area (Å²) in [6, 6.07) is 7.97. The number of likely N-dealkylation sites (tertiary alicyclic amines) is 1. The molecule has 1 amide bonds. The zero-order valence-corrected chi connectivity index (χ0v) is 18.1. The van der Waals surface area contributed by atoms with E-state index in [0.29, 0.717) is 28.3 Å². The molecule has 3 aromatic rings. The van der Waals surface area contributed by atoms with Gasteiger partial charge in [-0.25, -0.2) is 19.3 Å². The van der Waals surface area contributed by atoms with E-state index < -0.39 is 11.7 Å². The number of nitrogens with one attached hydrogen (secondary N) is 1. The van der Waals surface area contributed by atoms with Gasteiger partial charge in [0.1, 0.15) is 11.6 Å². The van der Waals surface area contributed by atoms with Gasteiger partial charge in [-0.3, -0.25) is 4.79 Å². The van der Waals surface area contributed by atoms with Crippen molar-refractivity contribution in [1.29, 1.82) is 0 Å². The Morgan fingerprint density at radius 1 is 1.12 bits per heavy atom. The van der Waals surface area contributed by atoms with Crippen LogP contribution in [0.4, 0.5) is 16.2 Å². The molecule has 0 saturated carbocycles. The fourth-order valence-corrected chi connectivity index (χ4v) is 3.96. The second-order valence-electron chi connectivity index (χ2n) is 8.11. The fraction of sp³-hybridized carbons (Fsp3) is 0.304. The van der Waals surface area contributed by atoms with Crippen LogP contribution in [0, 0.1) is 12.7 Å². The van der Waals surface area contributed by atoms with Gasteiger partial charge >= 0.3 is 0 Å². The lowest BCUT2D eigenvalue weighted by Gasteiger charge is -2.29. The molecule has 5 N–H and O–H groups in total. The van der Waals surface area contributed by atoms with E-state index in [9.17, 15) is 4.79 Å². The van der Waals surface area contributed by atoms with Crippen LogP contribution in [0.25, 0.3) is 22.4 Å². The molecule has 0 radical (unpaired) electrons. The van der Waals surface area contributed by atoms with Gasteiger partial charge in [0.15, 0.2) is 0 Å². The number of nitrogens with two attached hydrogens (primary N) is 2. The van der Waals surface area contributed by atoms with E-state index in [1.807, 2.05) is 7.05 Å². The number of rotatable bonds is 4. The van der Waals surface area contributed by atoms with Crippen molar-refractivity contribution in [1.82, 2.24) is 25.2 Å². The number of nitrogen functional groups attached to an aromatic ring is 2. The number of aryl methyl sites for hydroxylation is 1. The summed E-state index contributed by atoms with van der Waals surface area (Å²) in [6.45, 7) is 3.61. The Morgan fingerprint density at radius 2 is 1.84 bits per heavy atom. The Hall–Kier alpha value is -3.59. The molecule has 1 aliphatic rings. The number of aromatic nitrogens is 3. The van der Waals surface area contributed by atoms with Gasteiger partial charge in [0.2, 0.25) is 5.95 Å². The van der Waals surface area contributed by atoms with Crippen LogP contribution in [0.3, 0.4) is 0 Å². The summed E-state index contributed by atoms with van der Waals surface area (Å²) < 4.78 is 15.0. The molecule has 0 atom stereocenters. The second-order valence-corrected chi connectivity index (χ2v) is 8.11. The summed E-state index contributed by atoms with van der Waals surface area (Å²) in [4.78, 5) is 27.6. The van der Waals surface area contributed by atoms with Crippen LogP contribution in [0.1, 0.15) is 28.9 Å². The van der Waals surface area contributed by atoms with Crippen molar-refractivity contribution in [3.8, 4) is 22.4 Å². The van der Waals surface area contributed by atoms with E-state index in [2.05, 4.69) is 25.2 Å². The van der Waals surface area contributed by atoms with E-state index in [1.54, 1.807) is 31.3 Å². The van der Waals surface area contributed by atoms with Crippen LogP contribution < -0.4 is 16.8 Å². The third-order valence-electron chi connectivity index (χ3n) is 5.72. The van der Waals surface area contributed by atoms with Crippen LogP contribution >= 0.6 is 0 Å². The minimum Gasteiger partial charge on any atom is -0.384 e. The third-order valence-corrected chi connectivity index (χ3v) is 5.72. The summed E-state index contributed by atoms with van der Waals surface area (Å²) in [5, 5.41) is 2.95. The highest BCUT2D eigenvalue weighted by molar-refractivity contribution is 5.95. The van der Waals surface area contributed by atoms with Gasteiger partial charge in [0.05, 0.1) is 17.0 Å². The zero-order chi connectivity index (χ0) is 22.8. The van der Waals surface area contributed by atoms with Crippen LogP contribution in [-0.4, -0.2) is 51.9 Å². The van der Waals surface area contributed by atoms with Gasteiger partial charge in [-0.05, 0) is 64.2 Å². The number of benzene rings is 1. The van der Waals surface area contributed by atoms with E-state index in [0.717, 1.165) is 31.5 Å². The van der Waals surface area contributed by atoms with Crippen LogP contribution in [0.5, 0.6) is 0 Å². The Labute approximate surface area is 185 Å². The first-order valence-electron chi connectivity index (χ1n) is 10.5. The van der Waals surface area contributed by atoms with Crippen LogP contribution in [0.2, 0.25) is 0 Å². The van der Waals surface area contributed by atoms with Crippen molar-refractivity contribution in [2.24, 2.45) is 0 Å². The summed E-state index contributed by atoms with van der Waals surface area (Å²) >= 11 is 0. The van der Waals surface area contributed by atoms with Crippen LogP contribution in [0.15, 0.2) is 36.5 Å². The second kappa shape index (κ2) is 8.88. The van der Waals surface area contributed by atoms with Gasteiger partial charge in [0, 0.05) is 28.9 Å². The van der Waals surface area contributed by atoms with Gasteiger partial charge in [0.25, 0.3) is 5.91 Å². The van der Waals surface area contributed by atoms with Crippen molar-refractivity contribution in [2.45, 2.75) is 25.8 Å². The number of amides is 1. The van der Waals surface area contributed by atoms with Gasteiger partial charge in [-0.15, -0.1) is 0 Å². The Bertz CT molecular complexity index is 1140. The average Bonchev–Trinajstić information content (AvgIpc) is 2.75. The monoisotopic (exact) mass is 435 g/mol. The van der Waals surface area contributed by atoms with E-state index in [1.165, 1.54) is 12.1 Å². The van der Waals surface area contributed by atoms with Gasteiger partial charge in [-0.2, -0.15) is 0 Å². The molecule has 1 aliphatic heterocycles. The lowest BCUT2D eigenvalue weighted by atomic mass is 9.98. The zero-order valence-electron chi connectivity index (χ0n) is 18.1. The lowest BCUT2D eigenvalue weighted by Crippen LogP contribution is -2.43. The Morgan fingerprint density at radius 3 is 2.50 bits per heavy atom. The normalized spacial score (nSPS) is 15.0.